The van der Waals surface area contributed by atoms with Crippen LogP contribution < -0.4 is 10.5 Å². The summed E-state index contributed by atoms with van der Waals surface area (Å²) in [6.07, 6.45) is 0. The average Bonchev–Trinajstić information content (AvgIpc) is 2.31. The van der Waals surface area contributed by atoms with Crippen LogP contribution in [0.2, 0.25) is 0 Å². The Labute approximate surface area is 106 Å². The first-order valence-electron chi connectivity index (χ1n) is 4.74. The molecular formula is C11H9BrFN3O. The van der Waals surface area contributed by atoms with Gasteiger partial charge in [0.05, 0.1) is 17.3 Å². The molecule has 2 aromatic rings. The quantitative estimate of drug-likeness (QED) is 0.926. The Morgan fingerprint density at radius 2 is 2.12 bits per heavy atom. The Morgan fingerprint density at radius 1 is 1.35 bits per heavy atom. The highest BCUT2D eigenvalue weighted by Gasteiger charge is 2.11. The molecular weight excluding hydrogens is 289 g/mol. The number of hydrogen-bond donors (Lipinski definition) is 1. The second-order valence-corrected chi connectivity index (χ2v) is 4.11. The first-order chi connectivity index (χ1) is 8.11. The Morgan fingerprint density at radius 3 is 2.82 bits per heavy atom. The molecule has 0 aliphatic carbocycles. The number of hydrogen-bond acceptors (Lipinski definition) is 4. The van der Waals surface area contributed by atoms with Gasteiger partial charge in [0.25, 0.3) is 0 Å². The summed E-state index contributed by atoms with van der Waals surface area (Å²) < 4.78 is 19.2. The lowest BCUT2D eigenvalue weighted by Crippen LogP contribution is -2.00. The lowest BCUT2D eigenvalue weighted by atomic mass is 10.1. The van der Waals surface area contributed by atoms with Crippen molar-refractivity contribution in [2.45, 2.75) is 0 Å². The highest BCUT2D eigenvalue weighted by atomic mass is 79.9. The first kappa shape index (κ1) is 11.8. The molecule has 0 spiro atoms. The van der Waals surface area contributed by atoms with Crippen LogP contribution in [0.1, 0.15) is 0 Å². The molecule has 0 amide bonds. The first-order valence-corrected chi connectivity index (χ1v) is 5.54. The molecule has 17 heavy (non-hydrogen) atoms. The smallest absolute Gasteiger partial charge is 0.223 e. The third kappa shape index (κ3) is 2.36. The zero-order valence-corrected chi connectivity index (χ0v) is 10.5. The maximum Gasteiger partial charge on any atom is 0.223 e. The van der Waals surface area contributed by atoms with E-state index in [1.165, 1.54) is 13.2 Å². The predicted octanol–water partition coefficient (Wildman–Crippen LogP) is 2.64. The van der Waals surface area contributed by atoms with Crippen LogP contribution in [0.15, 0.2) is 28.7 Å². The van der Waals surface area contributed by atoms with Gasteiger partial charge < -0.3 is 10.5 Å². The van der Waals surface area contributed by atoms with Crippen molar-refractivity contribution < 1.29 is 9.13 Å². The van der Waals surface area contributed by atoms with Gasteiger partial charge in [-0.1, -0.05) is 6.07 Å². The summed E-state index contributed by atoms with van der Waals surface area (Å²) in [5, 5.41) is 0. The van der Waals surface area contributed by atoms with E-state index in [4.69, 9.17) is 10.5 Å². The van der Waals surface area contributed by atoms with Crippen LogP contribution >= 0.6 is 15.9 Å². The molecule has 0 saturated heterocycles. The van der Waals surface area contributed by atoms with E-state index in [1.54, 1.807) is 18.2 Å². The van der Waals surface area contributed by atoms with Gasteiger partial charge in [-0.25, -0.2) is 9.37 Å². The van der Waals surface area contributed by atoms with E-state index in [9.17, 15) is 4.39 Å². The Hall–Kier alpha value is -1.69. The molecule has 1 aromatic carbocycles. The van der Waals surface area contributed by atoms with Crippen LogP contribution in [0.3, 0.4) is 0 Å². The summed E-state index contributed by atoms with van der Waals surface area (Å²) in [5.41, 5.74) is 6.25. The molecule has 0 fully saturated rings. The third-order valence-corrected chi connectivity index (χ3v) is 2.77. The van der Waals surface area contributed by atoms with Crippen molar-refractivity contribution in [1.29, 1.82) is 0 Å². The molecule has 0 aliphatic rings. The number of aromatic nitrogens is 2. The van der Waals surface area contributed by atoms with E-state index in [1.807, 2.05) is 0 Å². The van der Waals surface area contributed by atoms with E-state index >= 15 is 0 Å². The molecule has 1 heterocycles. The van der Waals surface area contributed by atoms with Gasteiger partial charge in [0.1, 0.15) is 5.82 Å². The summed E-state index contributed by atoms with van der Waals surface area (Å²) in [6.45, 7) is 0. The SMILES string of the molecule is COc1cc(-c2cccc(Br)c2F)nc(N)n1. The van der Waals surface area contributed by atoms with Crippen LogP contribution in [0.25, 0.3) is 11.3 Å². The fourth-order valence-electron chi connectivity index (χ4n) is 1.39. The number of nitrogens with zero attached hydrogens (tertiary/aromatic N) is 2. The minimum absolute atomic E-state index is 0.0405. The van der Waals surface area contributed by atoms with Gasteiger partial charge in [-0.2, -0.15) is 4.98 Å². The zero-order chi connectivity index (χ0) is 12.4. The maximum absolute atomic E-state index is 13.9. The van der Waals surface area contributed by atoms with E-state index in [0.717, 1.165) is 0 Å². The molecule has 0 aliphatic heterocycles. The van der Waals surface area contributed by atoms with Gasteiger partial charge in [-0.3, -0.25) is 0 Å². The monoisotopic (exact) mass is 297 g/mol. The molecule has 0 saturated carbocycles. The zero-order valence-electron chi connectivity index (χ0n) is 8.95. The van der Waals surface area contributed by atoms with E-state index in [-0.39, 0.29) is 5.95 Å². The second-order valence-electron chi connectivity index (χ2n) is 3.26. The summed E-state index contributed by atoms with van der Waals surface area (Å²) in [6, 6.07) is 6.47. The molecule has 0 radical (unpaired) electrons. The topological polar surface area (TPSA) is 61.0 Å². The number of methoxy groups -OCH3 is 1. The van der Waals surface area contributed by atoms with E-state index in [0.29, 0.717) is 21.6 Å². The highest BCUT2D eigenvalue weighted by molar-refractivity contribution is 9.10. The molecule has 0 bridgehead atoms. The van der Waals surface area contributed by atoms with Gasteiger partial charge in [0, 0.05) is 11.6 Å². The minimum atomic E-state index is -0.396. The summed E-state index contributed by atoms with van der Waals surface area (Å²) in [5.74, 6) is -0.0572. The van der Waals surface area contributed by atoms with Gasteiger partial charge >= 0.3 is 0 Å². The summed E-state index contributed by atoms with van der Waals surface area (Å²) >= 11 is 3.12. The number of halogens is 2. The van der Waals surface area contributed by atoms with Crippen molar-refractivity contribution in [2.24, 2.45) is 0 Å². The number of ether oxygens (including phenoxy) is 1. The number of rotatable bonds is 2. The largest absolute Gasteiger partial charge is 0.481 e. The Bertz CT molecular complexity index is 562. The van der Waals surface area contributed by atoms with Crippen molar-refractivity contribution in [3.05, 3.63) is 34.6 Å². The summed E-state index contributed by atoms with van der Waals surface area (Å²) in [4.78, 5) is 7.82. The molecule has 4 nitrogen and oxygen atoms in total. The van der Waals surface area contributed by atoms with Crippen molar-refractivity contribution >= 4 is 21.9 Å². The Balaban J connectivity index is 2.60. The fraction of sp³-hybridized carbons (Fsp3) is 0.0909. The highest BCUT2D eigenvalue weighted by Crippen LogP contribution is 2.28. The summed E-state index contributed by atoms with van der Waals surface area (Å²) in [7, 11) is 1.46. The van der Waals surface area contributed by atoms with Crippen molar-refractivity contribution in [2.75, 3.05) is 12.8 Å². The van der Waals surface area contributed by atoms with Gasteiger partial charge in [-0.15, -0.1) is 0 Å². The van der Waals surface area contributed by atoms with Crippen LogP contribution in [0.5, 0.6) is 5.88 Å². The van der Waals surface area contributed by atoms with Gasteiger partial charge in [0.2, 0.25) is 11.8 Å². The van der Waals surface area contributed by atoms with Crippen molar-refractivity contribution in [3.8, 4) is 17.1 Å². The van der Waals surface area contributed by atoms with Crippen LogP contribution in [-0.4, -0.2) is 17.1 Å². The molecule has 2 N–H and O–H groups in total. The number of nitrogen functional groups attached to an aromatic ring is 1. The minimum Gasteiger partial charge on any atom is -0.481 e. The standard InChI is InChI=1S/C11H9BrFN3O/c1-17-9-5-8(15-11(14)16-9)6-3-2-4-7(12)10(6)13/h2-5H,1H3,(H2,14,15,16). The average molecular weight is 298 g/mol. The third-order valence-electron chi connectivity index (χ3n) is 2.16. The van der Waals surface area contributed by atoms with E-state index < -0.39 is 5.82 Å². The fourth-order valence-corrected chi connectivity index (χ4v) is 1.75. The molecule has 88 valence electrons. The number of anilines is 1. The van der Waals surface area contributed by atoms with Gasteiger partial charge in [0.15, 0.2) is 0 Å². The Kier molecular flexibility index (Phi) is 3.23. The number of benzene rings is 1. The van der Waals surface area contributed by atoms with Crippen molar-refractivity contribution in [3.63, 3.8) is 0 Å². The molecule has 0 atom stereocenters. The van der Waals surface area contributed by atoms with Gasteiger partial charge in [-0.05, 0) is 28.1 Å². The van der Waals surface area contributed by atoms with Crippen molar-refractivity contribution in [1.82, 2.24) is 9.97 Å². The normalized spacial score (nSPS) is 10.3. The molecule has 6 heteroatoms. The lowest BCUT2D eigenvalue weighted by Gasteiger charge is -2.06. The van der Waals surface area contributed by atoms with E-state index in [2.05, 4.69) is 25.9 Å². The van der Waals surface area contributed by atoms with Crippen LogP contribution in [0.4, 0.5) is 10.3 Å². The molecule has 2 rings (SSSR count). The molecule has 0 unspecified atom stereocenters. The predicted molar refractivity (Wildman–Crippen MR) is 66.1 cm³/mol. The number of nitrogens with two attached hydrogens (primary N) is 1. The van der Waals surface area contributed by atoms with Crippen LogP contribution in [0, 0.1) is 5.82 Å². The second kappa shape index (κ2) is 4.67. The lowest BCUT2D eigenvalue weighted by molar-refractivity contribution is 0.398. The molecule has 1 aromatic heterocycles. The maximum atomic E-state index is 13.9. The van der Waals surface area contributed by atoms with Crippen LogP contribution in [-0.2, 0) is 0 Å².